The zero-order chi connectivity index (χ0) is 11.7. The molecule has 0 aromatic rings. The van der Waals surface area contributed by atoms with Crippen LogP contribution in [0.3, 0.4) is 0 Å². The number of hydrogen-bond acceptors (Lipinski definition) is 0. The van der Waals surface area contributed by atoms with E-state index in [0.717, 1.165) is 5.92 Å². The molecule has 88 valence electrons. The Labute approximate surface area is 96.2 Å². The van der Waals surface area contributed by atoms with Crippen LogP contribution in [0.1, 0.15) is 67.2 Å². The summed E-state index contributed by atoms with van der Waals surface area (Å²) in [7, 11) is 0. The van der Waals surface area contributed by atoms with Gasteiger partial charge in [0.05, 0.1) is 0 Å². The lowest BCUT2D eigenvalue weighted by Gasteiger charge is -2.32. The Morgan fingerprint density at radius 2 is 1.73 bits per heavy atom. The van der Waals surface area contributed by atoms with Gasteiger partial charge in [-0.3, -0.25) is 0 Å². The first-order valence-corrected chi connectivity index (χ1v) is 6.38. The lowest BCUT2D eigenvalue weighted by Crippen LogP contribution is -2.19. The normalized spacial score (nSPS) is 23.9. The van der Waals surface area contributed by atoms with Crippen molar-refractivity contribution < 1.29 is 0 Å². The van der Waals surface area contributed by atoms with Crippen molar-refractivity contribution >= 4 is 0 Å². The van der Waals surface area contributed by atoms with Crippen molar-refractivity contribution in [2.24, 2.45) is 16.7 Å². The minimum absolute atomic E-state index is 0.396. The molecule has 0 heterocycles. The summed E-state index contributed by atoms with van der Waals surface area (Å²) in [5.74, 6) is 0.927. The quantitative estimate of drug-likeness (QED) is 0.520. The van der Waals surface area contributed by atoms with Crippen LogP contribution < -0.4 is 0 Å². The van der Waals surface area contributed by atoms with Gasteiger partial charge in [0, 0.05) is 0 Å². The van der Waals surface area contributed by atoms with E-state index in [1.54, 1.807) is 5.57 Å². The standard InChI is InChI=1S/C15H28/c1-14(2,3)11-12-7-9-13(10-8-12)15(4,5)6/h9,12H,7-8,10-11H2,1-6H3. The minimum Gasteiger partial charge on any atom is -0.0845 e. The molecule has 15 heavy (non-hydrogen) atoms. The molecule has 0 spiro atoms. The van der Waals surface area contributed by atoms with Crippen molar-refractivity contribution in [2.45, 2.75) is 67.2 Å². The maximum absolute atomic E-state index is 2.51. The third kappa shape index (κ3) is 4.40. The second-order valence-electron chi connectivity index (χ2n) is 7.38. The third-order valence-corrected chi connectivity index (χ3v) is 3.38. The number of allylic oxidation sites excluding steroid dienone is 2. The molecule has 0 bridgehead atoms. The Morgan fingerprint density at radius 1 is 1.13 bits per heavy atom. The van der Waals surface area contributed by atoms with Crippen molar-refractivity contribution in [2.75, 3.05) is 0 Å². The molecule has 0 nitrogen and oxygen atoms in total. The molecule has 1 atom stereocenters. The topological polar surface area (TPSA) is 0 Å². The highest BCUT2D eigenvalue weighted by atomic mass is 14.3. The molecule has 0 N–H and O–H groups in total. The molecule has 0 saturated carbocycles. The minimum atomic E-state index is 0.396. The average molecular weight is 208 g/mol. The summed E-state index contributed by atoms with van der Waals surface area (Å²) in [6, 6.07) is 0. The lowest BCUT2D eigenvalue weighted by molar-refractivity contribution is 0.270. The van der Waals surface area contributed by atoms with Crippen LogP contribution >= 0.6 is 0 Å². The fourth-order valence-corrected chi connectivity index (χ4v) is 2.62. The molecular weight excluding hydrogens is 180 g/mol. The molecule has 0 saturated heterocycles. The summed E-state index contributed by atoms with van der Waals surface area (Å²) in [5, 5.41) is 0. The summed E-state index contributed by atoms with van der Waals surface area (Å²) in [6.07, 6.45) is 7.93. The summed E-state index contributed by atoms with van der Waals surface area (Å²) in [5.41, 5.74) is 2.57. The van der Waals surface area contributed by atoms with Gasteiger partial charge in [-0.2, -0.15) is 0 Å². The van der Waals surface area contributed by atoms with E-state index in [2.05, 4.69) is 47.6 Å². The zero-order valence-corrected chi connectivity index (χ0v) is 11.5. The summed E-state index contributed by atoms with van der Waals surface area (Å²) >= 11 is 0. The fraction of sp³-hybridized carbons (Fsp3) is 0.867. The van der Waals surface area contributed by atoms with Crippen LogP contribution in [0.15, 0.2) is 11.6 Å². The van der Waals surface area contributed by atoms with Crippen LogP contribution in [0.4, 0.5) is 0 Å². The second kappa shape index (κ2) is 4.31. The average Bonchev–Trinajstić information content (AvgIpc) is 2.00. The summed E-state index contributed by atoms with van der Waals surface area (Å²) in [6.45, 7) is 14.1. The van der Waals surface area contributed by atoms with E-state index >= 15 is 0 Å². The van der Waals surface area contributed by atoms with Crippen LogP contribution in [0, 0.1) is 16.7 Å². The molecule has 0 aromatic carbocycles. The monoisotopic (exact) mass is 208 g/mol. The van der Waals surface area contributed by atoms with Crippen molar-refractivity contribution in [3.8, 4) is 0 Å². The SMILES string of the molecule is CC(C)(C)CC1CC=C(C(C)(C)C)CC1. The maximum Gasteiger partial charge on any atom is -0.0173 e. The van der Waals surface area contributed by atoms with Crippen molar-refractivity contribution in [1.29, 1.82) is 0 Å². The number of rotatable bonds is 1. The van der Waals surface area contributed by atoms with Gasteiger partial charge >= 0.3 is 0 Å². The summed E-state index contributed by atoms with van der Waals surface area (Å²) in [4.78, 5) is 0. The molecular formula is C15H28. The molecule has 1 aliphatic rings. The first-order chi connectivity index (χ1) is 6.68. The molecule has 0 fully saturated rings. The smallest absolute Gasteiger partial charge is 0.0173 e. The van der Waals surface area contributed by atoms with Gasteiger partial charge in [-0.05, 0) is 42.4 Å². The second-order valence-corrected chi connectivity index (χ2v) is 7.38. The van der Waals surface area contributed by atoms with Crippen LogP contribution in [-0.2, 0) is 0 Å². The Balaban J connectivity index is 2.52. The van der Waals surface area contributed by atoms with Crippen molar-refractivity contribution in [3.63, 3.8) is 0 Å². The molecule has 1 aliphatic carbocycles. The Morgan fingerprint density at radius 3 is 2.07 bits per heavy atom. The van der Waals surface area contributed by atoms with Crippen molar-refractivity contribution in [3.05, 3.63) is 11.6 Å². The van der Waals surface area contributed by atoms with Gasteiger partial charge in [-0.15, -0.1) is 0 Å². The van der Waals surface area contributed by atoms with E-state index in [4.69, 9.17) is 0 Å². The number of hydrogen-bond donors (Lipinski definition) is 0. The Hall–Kier alpha value is -0.260. The van der Waals surface area contributed by atoms with Crippen LogP contribution in [0.5, 0.6) is 0 Å². The molecule has 1 rings (SSSR count). The van der Waals surface area contributed by atoms with Gasteiger partial charge < -0.3 is 0 Å². The first-order valence-electron chi connectivity index (χ1n) is 6.38. The van der Waals surface area contributed by atoms with E-state index in [1.165, 1.54) is 25.7 Å². The largest absolute Gasteiger partial charge is 0.0845 e. The van der Waals surface area contributed by atoms with E-state index < -0.39 is 0 Å². The molecule has 0 aromatic heterocycles. The Bertz CT molecular complexity index is 232. The maximum atomic E-state index is 2.51. The van der Waals surface area contributed by atoms with E-state index in [0.29, 0.717) is 10.8 Å². The predicted molar refractivity (Wildman–Crippen MR) is 69.0 cm³/mol. The van der Waals surface area contributed by atoms with Gasteiger partial charge in [-0.1, -0.05) is 53.2 Å². The molecule has 0 amide bonds. The van der Waals surface area contributed by atoms with Gasteiger partial charge in [-0.25, -0.2) is 0 Å². The molecule has 0 heteroatoms. The fourth-order valence-electron chi connectivity index (χ4n) is 2.62. The first kappa shape index (κ1) is 12.8. The van der Waals surface area contributed by atoms with Gasteiger partial charge in [0.2, 0.25) is 0 Å². The van der Waals surface area contributed by atoms with Crippen LogP contribution in [0.25, 0.3) is 0 Å². The van der Waals surface area contributed by atoms with E-state index in [1.807, 2.05) is 0 Å². The molecule has 1 unspecified atom stereocenters. The van der Waals surface area contributed by atoms with Gasteiger partial charge in [0.15, 0.2) is 0 Å². The summed E-state index contributed by atoms with van der Waals surface area (Å²) < 4.78 is 0. The highest BCUT2D eigenvalue weighted by Crippen LogP contribution is 2.38. The van der Waals surface area contributed by atoms with Gasteiger partial charge in [0.25, 0.3) is 0 Å². The third-order valence-electron chi connectivity index (χ3n) is 3.38. The van der Waals surface area contributed by atoms with E-state index in [9.17, 15) is 0 Å². The highest BCUT2D eigenvalue weighted by molar-refractivity contribution is 5.13. The van der Waals surface area contributed by atoms with Crippen LogP contribution in [-0.4, -0.2) is 0 Å². The van der Waals surface area contributed by atoms with Crippen molar-refractivity contribution in [1.82, 2.24) is 0 Å². The van der Waals surface area contributed by atoms with E-state index in [-0.39, 0.29) is 0 Å². The predicted octanol–water partition coefficient (Wildman–Crippen LogP) is 5.20. The zero-order valence-electron chi connectivity index (χ0n) is 11.5. The lowest BCUT2D eigenvalue weighted by atomic mass is 9.73. The van der Waals surface area contributed by atoms with Gasteiger partial charge in [0.1, 0.15) is 0 Å². The molecule has 0 aliphatic heterocycles. The van der Waals surface area contributed by atoms with Crippen LogP contribution in [0.2, 0.25) is 0 Å². The highest BCUT2D eigenvalue weighted by Gasteiger charge is 2.25. The Kier molecular flexibility index (Phi) is 3.68. The molecule has 0 radical (unpaired) electrons.